The highest BCUT2D eigenvalue weighted by Crippen LogP contribution is 2.27. The lowest BCUT2D eigenvalue weighted by Gasteiger charge is -2.39. The third-order valence-electron chi connectivity index (χ3n) is 4.13. The molecule has 3 unspecified atom stereocenters. The summed E-state index contributed by atoms with van der Waals surface area (Å²) in [6.07, 6.45) is 1.09. The highest BCUT2D eigenvalue weighted by molar-refractivity contribution is 5.85. The molecule has 0 bridgehead atoms. The molecule has 0 spiro atoms. The zero-order chi connectivity index (χ0) is 13.1. The number of halogens is 1. The first kappa shape index (κ1) is 16.3. The SMILES string of the molecule is COc1cccc(C(C)N2CCC(N)C(C)C2)c1.Cl. The van der Waals surface area contributed by atoms with Gasteiger partial charge in [-0.2, -0.15) is 0 Å². The van der Waals surface area contributed by atoms with Gasteiger partial charge in [0.25, 0.3) is 0 Å². The number of nitrogens with zero attached hydrogens (tertiary/aromatic N) is 1. The first-order chi connectivity index (χ1) is 8.61. The summed E-state index contributed by atoms with van der Waals surface area (Å²) in [6, 6.07) is 9.14. The smallest absolute Gasteiger partial charge is 0.119 e. The Morgan fingerprint density at radius 2 is 2.16 bits per heavy atom. The fourth-order valence-corrected chi connectivity index (χ4v) is 2.66. The first-order valence-corrected chi connectivity index (χ1v) is 6.75. The number of hydrogen-bond donors (Lipinski definition) is 1. The molecule has 1 aliphatic heterocycles. The molecule has 2 N–H and O–H groups in total. The zero-order valence-electron chi connectivity index (χ0n) is 12.0. The molecular formula is C15H25ClN2O. The summed E-state index contributed by atoms with van der Waals surface area (Å²) >= 11 is 0. The average Bonchev–Trinajstić information content (AvgIpc) is 2.41. The van der Waals surface area contributed by atoms with Crippen molar-refractivity contribution in [3.63, 3.8) is 0 Å². The second-order valence-corrected chi connectivity index (χ2v) is 5.38. The van der Waals surface area contributed by atoms with Crippen molar-refractivity contribution in [2.45, 2.75) is 32.4 Å². The zero-order valence-corrected chi connectivity index (χ0v) is 12.8. The van der Waals surface area contributed by atoms with Gasteiger partial charge in [-0.3, -0.25) is 4.90 Å². The van der Waals surface area contributed by atoms with E-state index in [4.69, 9.17) is 10.5 Å². The molecule has 1 fully saturated rings. The van der Waals surface area contributed by atoms with Crippen LogP contribution in [0.4, 0.5) is 0 Å². The molecular weight excluding hydrogens is 260 g/mol. The fourth-order valence-electron chi connectivity index (χ4n) is 2.66. The van der Waals surface area contributed by atoms with Gasteiger partial charge in [-0.25, -0.2) is 0 Å². The maximum atomic E-state index is 6.08. The number of likely N-dealkylation sites (tertiary alicyclic amines) is 1. The summed E-state index contributed by atoms with van der Waals surface area (Å²) in [4.78, 5) is 2.52. The molecule has 108 valence electrons. The molecule has 2 rings (SSSR count). The van der Waals surface area contributed by atoms with Crippen LogP contribution in [0.2, 0.25) is 0 Å². The maximum Gasteiger partial charge on any atom is 0.119 e. The largest absolute Gasteiger partial charge is 0.497 e. The van der Waals surface area contributed by atoms with E-state index in [1.807, 2.05) is 6.07 Å². The van der Waals surface area contributed by atoms with Crippen LogP contribution in [0.15, 0.2) is 24.3 Å². The van der Waals surface area contributed by atoms with Crippen molar-refractivity contribution in [3.8, 4) is 5.75 Å². The minimum absolute atomic E-state index is 0. The molecule has 0 aromatic heterocycles. The summed E-state index contributed by atoms with van der Waals surface area (Å²) in [7, 11) is 1.71. The molecule has 1 saturated heterocycles. The summed E-state index contributed by atoms with van der Waals surface area (Å²) in [5, 5.41) is 0. The third kappa shape index (κ3) is 3.85. The van der Waals surface area contributed by atoms with Crippen LogP contribution in [-0.4, -0.2) is 31.1 Å². The number of nitrogens with two attached hydrogens (primary N) is 1. The minimum Gasteiger partial charge on any atom is -0.497 e. The van der Waals surface area contributed by atoms with E-state index >= 15 is 0 Å². The Bertz CT molecular complexity index is 399. The Morgan fingerprint density at radius 3 is 2.79 bits per heavy atom. The van der Waals surface area contributed by atoms with E-state index in [0.717, 1.165) is 25.3 Å². The lowest BCUT2D eigenvalue weighted by atomic mass is 9.92. The van der Waals surface area contributed by atoms with Crippen LogP contribution in [0.25, 0.3) is 0 Å². The standard InChI is InChI=1S/C15H24N2O.ClH/c1-11-10-17(8-7-15(11)16)12(2)13-5-4-6-14(9-13)18-3;/h4-6,9,11-12,15H,7-8,10,16H2,1-3H3;1H. The van der Waals surface area contributed by atoms with E-state index in [-0.39, 0.29) is 12.4 Å². The number of hydrogen-bond acceptors (Lipinski definition) is 3. The Balaban J connectivity index is 0.00000180. The van der Waals surface area contributed by atoms with E-state index in [0.29, 0.717) is 18.0 Å². The van der Waals surface area contributed by atoms with Crippen molar-refractivity contribution >= 4 is 12.4 Å². The van der Waals surface area contributed by atoms with Crippen molar-refractivity contribution < 1.29 is 4.74 Å². The van der Waals surface area contributed by atoms with Crippen LogP contribution in [-0.2, 0) is 0 Å². The molecule has 0 aliphatic carbocycles. The minimum atomic E-state index is 0. The third-order valence-corrected chi connectivity index (χ3v) is 4.13. The van der Waals surface area contributed by atoms with Crippen molar-refractivity contribution in [1.29, 1.82) is 0 Å². The highest BCUT2D eigenvalue weighted by Gasteiger charge is 2.26. The van der Waals surface area contributed by atoms with Crippen LogP contribution in [0.5, 0.6) is 5.75 Å². The van der Waals surface area contributed by atoms with Gasteiger partial charge in [0.1, 0.15) is 5.75 Å². The van der Waals surface area contributed by atoms with Crippen LogP contribution in [0.3, 0.4) is 0 Å². The molecule has 1 aromatic carbocycles. The topological polar surface area (TPSA) is 38.5 Å². The molecule has 1 aromatic rings. The first-order valence-electron chi connectivity index (χ1n) is 6.75. The van der Waals surface area contributed by atoms with E-state index < -0.39 is 0 Å². The second-order valence-electron chi connectivity index (χ2n) is 5.38. The lowest BCUT2D eigenvalue weighted by molar-refractivity contribution is 0.124. The van der Waals surface area contributed by atoms with Gasteiger partial charge < -0.3 is 10.5 Å². The van der Waals surface area contributed by atoms with Crippen LogP contribution in [0.1, 0.15) is 31.9 Å². The summed E-state index contributed by atoms with van der Waals surface area (Å²) < 4.78 is 5.29. The van der Waals surface area contributed by atoms with Gasteiger partial charge in [0.15, 0.2) is 0 Å². The highest BCUT2D eigenvalue weighted by atomic mass is 35.5. The predicted octanol–water partition coefficient (Wildman–Crippen LogP) is 2.85. The quantitative estimate of drug-likeness (QED) is 0.928. The van der Waals surface area contributed by atoms with E-state index in [2.05, 4.69) is 36.9 Å². The molecule has 1 aliphatic rings. The number of ether oxygens (including phenoxy) is 1. The van der Waals surface area contributed by atoms with Gasteiger partial charge in [-0.1, -0.05) is 19.1 Å². The molecule has 3 nitrogen and oxygen atoms in total. The van der Waals surface area contributed by atoms with Crippen molar-refractivity contribution in [1.82, 2.24) is 4.90 Å². The van der Waals surface area contributed by atoms with Crippen molar-refractivity contribution in [3.05, 3.63) is 29.8 Å². The van der Waals surface area contributed by atoms with E-state index in [1.165, 1.54) is 5.56 Å². The normalized spacial score (nSPS) is 25.5. The number of rotatable bonds is 3. The Kier molecular flexibility index (Phi) is 6.11. The Morgan fingerprint density at radius 1 is 1.42 bits per heavy atom. The number of methoxy groups -OCH3 is 1. The summed E-state index contributed by atoms with van der Waals surface area (Å²) in [5.41, 5.74) is 7.39. The summed E-state index contributed by atoms with van der Waals surface area (Å²) in [6.45, 7) is 6.68. The van der Waals surface area contributed by atoms with Crippen molar-refractivity contribution in [2.24, 2.45) is 11.7 Å². The van der Waals surface area contributed by atoms with Gasteiger partial charge in [-0.05, 0) is 37.0 Å². The van der Waals surface area contributed by atoms with Gasteiger partial charge in [0.2, 0.25) is 0 Å². The molecule has 3 atom stereocenters. The summed E-state index contributed by atoms with van der Waals surface area (Å²) in [5.74, 6) is 1.51. The van der Waals surface area contributed by atoms with Gasteiger partial charge in [0, 0.05) is 25.2 Å². The fraction of sp³-hybridized carbons (Fsp3) is 0.600. The van der Waals surface area contributed by atoms with Gasteiger partial charge in [-0.15, -0.1) is 12.4 Å². The molecule has 0 radical (unpaired) electrons. The van der Waals surface area contributed by atoms with Crippen LogP contribution in [0, 0.1) is 5.92 Å². The van der Waals surface area contributed by atoms with Gasteiger partial charge >= 0.3 is 0 Å². The maximum absolute atomic E-state index is 6.08. The molecule has 1 heterocycles. The van der Waals surface area contributed by atoms with Gasteiger partial charge in [0.05, 0.1) is 7.11 Å². The lowest BCUT2D eigenvalue weighted by Crippen LogP contribution is -2.46. The Labute approximate surface area is 122 Å². The number of piperidine rings is 1. The van der Waals surface area contributed by atoms with Crippen LogP contribution >= 0.6 is 12.4 Å². The molecule has 4 heteroatoms. The molecule has 19 heavy (non-hydrogen) atoms. The molecule has 0 amide bonds. The predicted molar refractivity (Wildman–Crippen MR) is 82.0 cm³/mol. The Hall–Kier alpha value is -0.770. The van der Waals surface area contributed by atoms with E-state index in [1.54, 1.807) is 7.11 Å². The number of benzene rings is 1. The molecule has 0 saturated carbocycles. The second kappa shape index (κ2) is 7.13. The van der Waals surface area contributed by atoms with Crippen molar-refractivity contribution in [2.75, 3.05) is 20.2 Å². The monoisotopic (exact) mass is 284 g/mol. The average molecular weight is 285 g/mol. The van der Waals surface area contributed by atoms with E-state index in [9.17, 15) is 0 Å². The van der Waals surface area contributed by atoms with Crippen LogP contribution < -0.4 is 10.5 Å².